The standard InChI is InChI=1S/C15H14O/c1-2-6-12-9-10-15(16)14(11-12)13-7-4-3-5-8-13/h2-5,7-11,16H,1,6H2. The van der Waals surface area contributed by atoms with Crippen LogP contribution in [0.5, 0.6) is 5.75 Å². The van der Waals surface area contributed by atoms with E-state index in [2.05, 4.69) is 6.58 Å². The van der Waals surface area contributed by atoms with Crippen molar-refractivity contribution >= 4 is 0 Å². The van der Waals surface area contributed by atoms with Crippen LogP contribution in [0.2, 0.25) is 0 Å². The van der Waals surface area contributed by atoms with Crippen molar-refractivity contribution in [2.24, 2.45) is 0 Å². The van der Waals surface area contributed by atoms with Gasteiger partial charge in [-0.2, -0.15) is 0 Å². The lowest BCUT2D eigenvalue weighted by atomic mass is 10.0. The molecule has 16 heavy (non-hydrogen) atoms. The van der Waals surface area contributed by atoms with E-state index in [1.807, 2.05) is 48.5 Å². The molecule has 0 atom stereocenters. The van der Waals surface area contributed by atoms with Crippen LogP contribution in [-0.4, -0.2) is 5.11 Å². The minimum Gasteiger partial charge on any atom is -0.507 e. The largest absolute Gasteiger partial charge is 0.507 e. The van der Waals surface area contributed by atoms with E-state index < -0.39 is 0 Å². The van der Waals surface area contributed by atoms with Gasteiger partial charge < -0.3 is 5.11 Å². The van der Waals surface area contributed by atoms with Crippen molar-refractivity contribution in [3.63, 3.8) is 0 Å². The average Bonchev–Trinajstić information content (AvgIpc) is 2.33. The van der Waals surface area contributed by atoms with Crippen LogP contribution >= 0.6 is 0 Å². The van der Waals surface area contributed by atoms with E-state index in [0.29, 0.717) is 5.75 Å². The van der Waals surface area contributed by atoms with Gasteiger partial charge >= 0.3 is 0 Å². The molecule has 0 aromatic heterocycles. The van der Waals surface area contributed by atoms with Gasteiger partial charge in [0, 0.05) is 5.56 Å². The third-order valence-electron chi connectivity index (χ3n) is 2.53. The fourth-order valence-corrected chi connectivity index (χ4v) is 1.73. The van der Waals surface area contributed by atoms with E-state index in [-0.39, 0.29) is 0 Å². The van der Waals surface area contributed by atoms with E-state index >= 15 is 0 Å². The van der Waals surface area contributed by atoms with Crippen molar-refractivity contribution < 1.29 is 5.11 Å². The molecule has 2 aromatic rings. The second-order valence-electron chi connectivity index (χ2n) is 3.71. The van der Waals surface area contributed by atoms with Gasteiger partial charge in [0.25, 0.3) is 0 Å². The molecule has 1 heteroatoms. The number of benzene rings is 2. The second kappa shape index (κ2) is 4.67. The Balaban J connectivity index is 2.47. The summed E-state index contributed by atoms with van der Waals surface area (Å²) in [5, 5.41) is 9.83. The molecule has 0 aliphatic heterocycles. The minimum absolute atomic E-state index is 0.319. The molecule has 0 fully saturated rings. The third-order valence-corrected chi connectivity index (χ3v) is 2.53. The molecular formula is C15H14O. The number of aromatic hydroxyl groups is 1. The van der Waals surface area contributed by atoms with E-state index in [1.165, 1.54) is 0 Å². The van der Waals surface area contributed by atoms with Crippen LogP contribution in [0.1, 0.15) is 5.56 Å². The Labute approximate surface area is 95.7 Å². The zero-order chi connectivity index (χ0) is 11.4. The number of allylic oxidation sites excluding steroid dienone is 1. The molecule has 0 radical (unpaired) electrons. The minimum atomic E-state index is 0.319. The number of rotatable bonds is 3. The van der Waals surface area contributed by atoms with Gasteiger partial charge in [-0.25, -0.2) is 0 Å². The Morgan fingerprint density at radius 1 is 1.06 bits per heavy atom. The van der Waals surface area contributed by atoms with Crippen LogP contribution in [0, 0.1) is 0 Å². The smallest absolute Gasteiger partial charge is 0.123 e. The SMILES string of the molecule is C=CCc1ccc(O)c(-c2ccccc2)c1. The Hall–Kier alpha value is -2.02. The zero-order valence-corrected chi connectivity index (χ0v) is 9.06. The van der Waals surface area contributed by atoms with Gasteiger partial charge in [-0.3, -0.25) is 0 Å². The molecular weight excluding hydrogens is 196 g/mol. The molecule has 0 saturated carbocycles. The second-order valence-corrected chi connectivity index (χ2v) is 3.71. The quantitative estimate of drug-likeness (QED) is 0.764. The first-order valence-corrected chi connectivity index (χ1v) is 5.29. The summed E-state index contributed by atoms with van der Waals surface area (Å²) in [6, 6.07) is 15.6. The van der Waals surface area contributed by atoms with Crippen molar-refractivity contribution in [2.45, 2.75) is 6.42 Å². The molecule has 0 aliphatic carbocycles. The van der Waals surface area contributed by atoms with Crippen LogP contribution in [0.15, 0.2) is 61.2 Å². The van der Waals surface area contributed by atoms with Crippen molar-refractivity contribution in [3.8, 4) is 16.9 Å². The van der Waals surface area contributed by atoms with Gasteiger partial charge in [-0.1, -0.05) is 42.5 Å². The van der Waals surface area contributed by atoms with Crippen molar-refractivity contribution in [1.29, 1.82) is 0 Å². The van der Waals surface area contributed by atoms with Gasteiger partial charge in [-0.15, -0.1) is 6.58 Å². The maximum Gasteiger partial charge on any atom is 0.123 e. The summed E-state index contributed by atoms with van der Waals surface area (Å²) < 4.78 is 0. The summed E-state index contributed by atoms with van der Waals surface area (Å²) in [6.45, 7) is 3.72. The van der Waals surface area contributed by atoms with Gasteiger partial charge in [0.1, 0.15) is 5.75 Å². The Kier molecular flexibility index (Phi) is 3.06. The highest BCUT2D eigenvalue weighted by Gasteiger charge is 2.04. The van der Waals surface area contributed by atoms with E-state index in [1.54, 1.807) is 6.07 Å². The van der Waals surface area contributed by atoms with Crippen LogP contribution in [0.4, 0.5) is 0 Å². The summed E-state index contributed by atoms with van der Waals surface area (Å²) in [4.78, 5) is 0. The Morgan fingerprint density at radius 2 is 1.81 bits per heavy atom. The highest BCUT2D eigenvalue weighted by molar-refractivity contribution is 5.70. The van der Waals surface area contributed by atoms with Crippen LogP contribution < -0.4 is 0 Å². The lowest BCUT2D eigenvalue weighted by Gasteiger charge is -2.06. The molecule has 0 amide bonds. The van der Waals surface area contributed by atoms with Crippen LogP contribution in [0.3, 0.4) is 0 Å². The summed E-state index contributed by atoms with van der Waals surface area (Å²) >= 11 is 0. The van der Waals surface area contributed by atoms with Crippen molar-refractivity contribution in [2.75, 3.05) is 0 Å². The lowest BCUT2D eigenvalue weighted by molar-refractivity contribution is 0.477. The first-order valence-electron chi connectivity index (χ1n) is 5.29. The fourth-order valence-electron chi connectivity index (χ4n) is 1.73. The number of phenols is 1. The van der Waals surface area contributed by atoms with Gasteiger partial charge in [0.15, 0.2) is 0 Å². The maximum absolute atomic E-state index is 9.83. The number of hydrogen-bond donors (Lipinski definition) is 1. The molecule has 0 saturated heterocycles. The summed E-state index contributed by atoms with van der Waals surface area (Å²) in [6.07, 6.45) is 2.68. The first-order chi connectivity index (χ1) is 7.81. The van der Waals surface area contributed by atoms with E-state index in [9.17, 15) is 5.11 Å². The molecule has 0 heterocycles. The van der Waals surface area contributed by atoms with Gasteiger partial charge in [0.05, 0.1) is 0 Å². The summed E-state index contributed by atoms with van der Waals surface area (Å²) in [5.74, 6) is 0.319. The van der Waals surface area contributed by atoms with Crippen LogP contribution in [-0.2, 0) is 6.42 Å². The highest BCUT2D eigenvalue weighted by Crippen LogP contribution is 2.29. The Morgan fingerprint density at radius 3 is 2.50 bits per heavy atom. The monoisotopic (exact) mass is 210 g/mol. The average molecular weight is 210 g/mol. The molecule has 1 nitrogen and oxygen atoms in total. The topological polar surface area (TPSA) is 20.2 Å². The summed E-state index contributed by atoms with van der Waals surface area (Å²) in [7, 11) is 0. The fraction of sp³-hybridized carbons (Fsp3) is 0.0667. The molecule has 80 valence electrons. The third kappa shape index (κ3) is 2.14. The molecule has 0 bridgehead atoms. The van der Waals surface area contributed by atoms with E-state index in [0.717, 1.165) is 23.1 Å². The highest BCUT2D eigenvalue weighted by atomic mass is 16.3. The normalized spacial score (nSPS) is 10.0. The molecule has 0 spiro atoms. The maximum atomic E-state index is 9.83. The van der Waals surface area contributed by atoms with Crippen LogP contribution in [0.25, 0.3) is 11.1 Å². The molecule has 0 unspecified atom stereocenters. The predicted molar refractivity (Wildman–Crippen MR) is 67.4 cm³/mol. The first kappa shape index (κ1) is 10.5. The van der Waals surface area contributed by atoms with Crippen molar-refractivity contribution in [3.05, 3.63) is 66.7 Å². The molecule has 0 aliphatic rings. The predicted octanol–water partition coefficient (Wildman–Crippen LogP) is 3.79. The Bertz CT molecular complexity index is 486. The van der Waals surface area contributed by atoms with Gasteiger partial charge in [0.2, 0.25) is 0 Å². The molecule has 2 aromatic carbocycles. The number of phenolic OH excluding ortho intramolecular Hbond substituents is 1. The van der Waals surface area contributed by atoms with E-state index in [4.69, 9.17) is 0 Å². The molecule has 2 rings (SSSR count). The molecule has 1 N–H and O–H groups in total. The van der Waals surface area contributed by atoms with Gasteiger partial charge in [-0.05, 0) is 29.7 Å². The zero-order valence-electron chi connectivity index (χ0n) is 9.06. The number of hydrogen-bond acceptors (Lipinski definition) is 1. The summed E-state index contributed by atoms with van der Waals surface area (Å²) in [5.41, 5.74) is 3.07. The lowest BCUT2D eigenvalue weighted by Crippen LogP contribution is -1.84. The van der Waals surface area contributed by atoms with Crippen molar-refractivity contribution in [1.82, 2.24) is 0 Å².